The van der Waals surface area contributed by atoms with Gasteiger partial charge in [0.05, 0.1) is 16.7 Å². The Bertz CT molecular complexity index is 699. The zero-order valence-corrected chi connectivity index (χ0v) is 12.1. The first-order valence-corrected chi connectivity index (χ1v) is 6.42. The summed E-state index contributed by atoms with van der Waals surface area (Å²) >= 11 is 0. The third-order valence-electron chi connectivity index (χ3n) is 3.26. The number of nitrogens with zero attached hydrogens (tertiary/aromatic N) is 1. The van der Waals surface area contributed by atoms with E-state index < -0.39 is 4.92 Å². The number of nitro benzene ring substituents is 1. The molecular formula is C15H17N3O3. The predicted octanol–water partition coefficient (Wildman–Crippen LogP) is 3.60. The largest absolute Gasteiger partial charge is 0.457 e. The lowest BCUT2D eigenvalue weighted by molar-refractivity contribution is -0.384. The van der Waals surface area contributed by atoms with Crippen molar-refractivity contribution in [3.05, 3.63) is 57.1 Å². The van der Waals surface area contributed by atoms with Crippen molar-refractivity contribution in [2.45, 2.75) is 20.8 Å². The molecule has 0 aliphatic carbocycles. The number of nitrogens with two attached hydrogens (primary N) is 1. The Kier molecular flexibility index (Phi) is 4.09. The lowest BCUT2D eigenvalue weighted by atomic mass is 10.1. The Morgan fingerprint density at radius 1 is 1.14 bits per heavy atom. The minimum atomic E-state index is -0.484. The molecule has 0 radical (unpaired) electrons. The van der Waals surface area contributed by atoms with Crippen molar-refractivity contribution < 1.29 is 9.66 Å². The van der Waals surface area contributed by atoms with Crippen LogP contribution < -0.4 is 16.0 Å². The Balaban J connectivity index is 2.44. The lowest BCUT2D eigenvalue weighted by Crippen LogP contribution is -2.07. The van der Waals surface area contributed by atoms with E-state index in [0.29, 0.717) is 17.2 Å². The zero-order valence-electron chi connectivity index (χ0n) is 12.1. The first-order valence-electron chi connectivity index (χ1n) is 6.42. The van der Waals surface area contributed by atoms with Crippen molar-refractivity contribution in [3.63, 3.8) is 0 Å². The van der Waals surface area contributed by atoms with Crippen LogP contribution in [0.1, 0.15) is 16.7 Å². The zero-order chi connectivity index (χ0) is 15.6. The normalized spacial score (nSPS) is 10.3. The number of nitrogen functional groups attached to an aromatic ring is 1. The average molecular weight is 287 g/mol. The van der Waals surface area contributed by atoms with Gasteiger partial charge >= 0.3 is 0 Å². The van der Waals surface area contributed by atoms with E-state index >= 15 is 0 Å². The molecule has 0 bridgehead atoms. The highest BCUT2D eigenvalue weighted by Gasteiger charge is 2.12. The molecule has 3 N–H and O–H groups in total. The molecule has 0 aliphatic heterocycles. The third kappa shape index (κ3) is 3.29. The first kappa shape index (κ1) is 14.8. The van der Waals surface area contributed by atoms with Crippen LogP contribution in [-0.4, -0.2) is 4.92 Å². The van der Waals surface area contributed by atoms with Crippen LogP contribution >= 0.6 is 0 Å². The van der Waals surface area contributed by atoms with Crippen LogP contribution in [0.2, 0.25) is 0 Å². The van der Waals surface area contributed by atoms with E-state index in [4.69, 9.17) is 10.6 Å². The molecule has 6 heteroatoms. The van der Waals surface area contributed by atoms with Gasteiger partial charge in [-0.05, 0) is 43.5 Å². The number of ether oxygens (including phenoxy) is 1. The number of hydrogen-bond donors (Lipinski definition) is 2. The van der Waals surface area contributed by atoms with Crippen molar-refractivity contribution in [3.8, 4) is 11.5 Å². The van der Waals surface area contributed by atoms with Gasteiger partial charge in [0.25, 0.3) is 5.69 Å². The summed E-state index contributed by atoms with van der Waals surface area (Å²) in [6, 6.07) is 8.29. The SMILES string of the molecule is Cc1cc(C)c(C)c(Oc2cc(NN)cc([N+](=O)[O-])c2)c1. The molecule has 6 nitrogen and oxygen atoms in total. The second-order valence-corrected chi connectivity index (χ2v) is 4.92. The highest BCUT2D eigenvalue weighted by atomic mass is 16.6. The molecule has 2 aromatic rings. The molecule has 0 aliphatic rings. The molecule has 2 rings (SSSR count). The Morgan fingerprint density at radius 3 is 2.48 bits per heavy atom. The summed E-state index contributed by atoms with van der Waals surface area (Å²) in [5.74, 6) is 6.37. The standard InChI is InChI=1S/C15H17N3O3/c1-9-4-10(2)11(3)15(5-9)21-14-7-12(17-16)6-13(8-14)18(19)20/h4-8,17H,16H2,1-3H3. The maximum atomic E-state index is 10.9. The second kappa shape index (κ2) is 5.80. The van der Waals surface area contributed by atoms with Crippen molar-refractivity contribution in [2.75, 3.05) is 5.43 Å². The molecule has 0 spiro atoms. The van der Waals surface area contributed by atoms with E-state index in [1.807, 2.05) is 26.8 Å². The molecule has 0 saturated heterocycles. The minimum absolute atomic E-state index is 0.0810. The molecular weight excluding hydrogens is 270 g/mol. The van der Waals surface area contributed by atoms with Crippen molar-refractivity contribution >= 4 is 11.4 Å². The van der Waals surface area contributed by atoms with E-state index in [9.17, 15) is 10.1 Å². The smallest absolute Gasteiger partial charge is 0.275 e. The number of benzene rings is 2. The molecule has 2 aromatic carbocycles. The van der Waals surface area contributed by atoms with Crippen LogP contribution in [0.15, 0.2) is 30.3 Å². The highest BCUT2D eigenvalue weighted by Crippen LogP contribution is 2.32. The topological polar surface area (TPSA) is 90.4 Å². The van der Waals surface area contributed by atoms with Crippen LogP contribution in [0.4, 0.5) is 11.4 Å². The Hall–Kier alpha value is -2.60. The number of anilines is 1. The molecule has 0 heterocycles. The fraction of sp³-hybridized carbons (Fsp3) is 0.200. The van der Waals surface area contributed by atoms with Crippen molar-refractivity contribution in [1.29, 1.82) is 0 Å². The summed E-state index contributed by atoms with van der Waals surface area (Å²) in [6.45, 7) is 5.92. The van der Waals surface area contributed by atoms with Gasteiger partial charge in [0.2, 0.25) is 0 Å². The van der Waals surface area contributed by atoms with Gasteiger partial charge in [-0.3, -0.25) is 16.0 Å². The Labute approximate surface area is 122 Å². The highest BCUT2D eigenvalue weighted by molar-refractivity contribution is 5.57. The van der Waals surface area contributed by atoms with Crippen LogP contribution in [0, 0.1) is 30.9 Å². The van der Waals surface area contributed by atoms with Gasteiger partial charge in [0.1, 0.15) is 11.5 Å². The summed E-state index contributed by atoms with van der Waals surface area (Å²) in [5, 5.41) is 10.9. The summed E-state index contributed by atoms with van der Waals surface area (Å²) in [5.41, 5.74) is 5.90. The van der Waals surface area contributed by atoms with Gasteiger partial charge in [0.15, 0.2) is 0 Å². The number of rotatable bonds is 4. The number of aryl methyl sites for hydroxylation is 2. The predicted molar refractivity (Wildman–Crippen MR) is 81.6 cm³/mol. The maximum absolute atomic E-state index is 10.9. The van der Waals surface area contributed by atoms with Crippen molar-refractivity contribution in [2.24, 2.45) is 5.84 Å². The molecule has 0 atom stereocenters. The maximum Gasteiger partial charge on any atom is 0.275 e. The lowest BCUT2D eigenvalue weighted by Gasteiger charge is -2.13. The van der Waals surface area contributed by atoms with E-state index in [0.717, 1.165) is 16.7 Å². The molecule has 0 amide bonds. The second-order valence-electron chi connectivity index (χ2n) is 4.92. The van der Waals surface area contributed by atoms with E-state index in [1.165, 1.54) is 12.1 Å². The molecule has 0 aromatic heterocycles. The van der Waals surface area contributed by atoms with Crippen LogP contribution in [-0.2, 0) is 0 Å². The van der Waals surface area contributed by atoms with Crippen LogP contribution in [0.25, 0.3) is 0 Å². The van der Waals surface area contributed by atoms with Crippen molar-refractivity contribution in [1.82, 2.24) is 0 Å². The summed E-state index contributed by atoms with van der Waals surface area (Å²) < 4.78 is 5.80. The van der Waals surface area contributed by atoms with Crippen LogP contribution in [0.3, 0.4) is 0 Å². The van der Waals surface area contributed by atoms with Crippen LogP contribution in [0.5, 0.6) is 11.5 Å². The monoisotopic (exact) mass is 287 g/mol. The number of hydrogen-bond acceptors (Lipinski definition) is 5. The van der Waals surface area contributed by atoms with Gasteiger partial charge in [-0.15, -0.1) is 0 Å². The fourth-order valence-corrected chi connectivity index (χ4v) is 2.06. The minimum Gasteiger partial charge on any atom is -0.457 e. The first-order chi connectivity index (χ1) is 9.90. The average Bonchev–Trinajstić information content (AvgIpc) is 2.43. The number of nitro groups is 1. The van der Waals surface area contributed by atoms with Gasteiger partial charge in [-0.1, -0.05) is 6.07 Å². The van der Waals surface area contributed by atoms with E-state index in [1.54, 1.807) is 6.07 Å². The quantitative estimate of drug-likeness (QED) is 0.509. The number of hydrazine groups is 1. The molecule has 0 fully saturated rings. The Morgan fingerprint density at radius 2 is 1.86 bits per heavy atom. The third-order valence-corrected chi connectivity index (χ3v) is 3.26. The van der Waals surface area contributed by atoms with Gasteiger partial charge in [-0.2, -0.15) is 0 Å². The summed E-state index contributed by atoms with van der Waals surface area (Å²) in [6.07, 6.45) is 0. The summed E-state index contributed by atoms with van der Waals surface area (Å²) in [7, 11) is 0. The van der Waals surface area contributed by atoms with E-state index in [2.05, 4.69) is 11.5 Å². The molecule has 0 unspecified atom stereocenters. The molecule has 110 valence electrons. The molecule has 21 heavy (non-hydrogen) atoms. The number of nitrogens with one attached hydrogen (secondary N) is 1. The molecule has 0 saturated carbocycles. The van der Waals surface area contributed by atoms with E-state index in [-0.39, 0.29) is 5.69 Å². The van der Waals surface area contributed by atoms with Gasteiger partial charge in [-0.25, -0.2) is 0 Å². The van der Waals surface area contributed by atoms with Gasteiger partial charge < -0.3 is 10.2 Å². The van der Waals surface area contributed by atoms with Gasteiger partial charge in [0, 0.05) is 12.1 Å². The summed E-state index contributed by atoms with van der Waals surface area (Å²) in [4.78, 5) is 10.4. The number of non-ortho nitro benzene ring substituents is 1. The fourth-order valence-electron chi connectivity index (χ4n) is 2.06.